The number of amides is 1. The van der Waals surface area contributed by atoms with Gasteiger partial charge in [-0.05, 0) is 23.3 Å². The lowest BCUT2D eigenvalue weighted by Gasteiger charge is -2.13. The third-order valence-electron chi connectivity index (χ3n) is 3.98. The van der Waals surface area contributed by atoms with Gasteiger partial charge in [0, 0.05) is 13.6 Å². The zero-order valence-corrected chi connectivity index (χ0v) is 12.5. The Bertz CT molecular complexity index is 639. The Morgan fingerprint density at radius 2 is 1.82 bits per heavy atom. The van der Waals surface area contributed by atoms with Crippen molar-refractivity contribution in [1.29, 1.82) is 0 Å². The van der Waals surface area contributed by atoms with Crippen LogP contribution < -0.4 is 4.74 Å². The summed E-state index contributed by atoms with van der Waals surface area (Å²) in [6, 6.07) is 17.3. The van der Waals surface area contributed by atoms with E-state index >= 15 is 0 Å². The van der Waals surface area contributed by atoms with E-state index in [1.54, 1.807) is 11.9 Å². The van der Waals surface area contributed by atoms with E-state index in [4.69, 9.17) is 4.74 Å². The molecule has 2 atom stereocenters. The molecule has 2 unspecified atom stereocenters. The molecule has 3 rings (SSSR count). The van der Waals surface area contributed by atoms with Crippen LogP contribution in [0.25, 0.3) is 0 Å². The van der Waals surface area contributed by atoms with Crippen molar-refractivity contribution in [3.8, 4) is 5.75 Å². The number of β-amino-alcohol motifs (C(OH)–C–C–N with tert-alkyl or cyclic N) is 1. The van der Waals surface area contributed by atoms with Gasteiger partial charge in [0.2, 0.25) is 5.91 Å². The summed E-state index contributed by atoms with van der Waals surface area (Å²) in [6.07, 6.45) is -0.645. The van der Waals surface area contributed by atoms with Crippen LogP contribution in [0.15, 0.2) is 54.6 Å². The zero-order valence-electron chi connectivity index (χ0n) is 12.5. The smallest absolute Gasteiger partial charge is 0.232 e. The van der Waals surface area contributed by atoms with Crippen molar-refractivity contribution in [3.63, 3.8) is 0 Å². The van der Waals surface area contributed by atoms with Crippen LogP contribution in [0.2, 0.25) is 0 Å². The number of nitrogens with zero attached hydrogens (tertiary/aromatic N) is 1. The van der Waals surface area contributed by atoms with Crippen molar-refractivity contribution in [2.75, 3.05) is 13.6 Å². The lowest BCUT2D eigenvalue weighted by Crippen LogP contribution is -2.21. The van der Waals surface area contributed by atoms with Gasteiger partial charge in [-0.2, -0.15) is 0 Å². The van der Waals surface area contributed by atoms with Crippen molar-refractivity contribution in [3.05, 3.63) is 65.7 Å². The molecule has 2 aromatic carbocycles. The van der Waals surface area contributed by atoms with E-state index in [0.29, 0.717) is 13.2 Å². The first-order chi connectivity index (χ1) is 10.6. The normalized spacial score (nSPS) is 21.2. The number of ether oxygens (including phenoxy) is 1. The molecular formula is C18H19NO3. The fourth-order valence-corrected chi connectivity index (χ4v) is 2.76. The number of hydrogen-bond donors (Lipinski definition) is 1. The number of aliphatic hydroxyl groups excluding tert-OH is 1. The second-order valence-electron chi connectivity index (χ2n) is 5.61. The Morgan fingerprint density at radius 3 is 2.41 bits per heavy atom. The van der Waals surface area contributed by atoms with E-state index in [2.05, 4.69) is 0 Å². The molecular weight excluding hydrogens is 278 g/mol. The van der Waals surface area contributed by atoms with Crippen LogP contribution in [-0.4, -0.2) is 35.6 Å². The van der Waals surface area contributed by atoms with Crippen molar-refractivity contribution >= 4 is 5.91 Å². The molecule has 1 fully saturated rings. The van der Waals surface area contributed by atoms with Gasteiger partial charge in [0.15, 0.2) is 0 Å². The molecule has 1 aliphatic rings. The molecule has 2 aromatic rings. The summed E-state index contributed by atoms with van der Waals surface area (Å²) in [5.41, 5.74) is 1.93. The van der Waals surface area contributed by atoms with Gasteiger partial charge < -0.3 is 14.7 Å². The fraction of sp³-hybridized carbons (Fsp3) is 0.278. The molecule has 0 aliphatic carbocycles. The van der Waals surface area contributed by atoms with Gasteiger partial charge in [0.05, 0.1) is 12.0 Å². The molecule has 1 saturated heterocycles. The number of carbonyl (C=O) groups is 1. The third kappa shape index (κ3) is 2.97. The Kier molecular flexibility index (Phi) is 4.11. The van der Waals surface area contributed by atoms with E-state index < -0.39 is 12.0 Å². The minimum absolute atomic E-state index is 0.0366. The number of likely N-dealkylation sites (N-methyl/N-ethyl adjacent to an activating group) is 1. The van der Waals surface area contributed by atoms with Crippen LogP contribution >= 0.6 is 0 Å². The third-order valence-corrected chi connectivity index (χ3v) is 3.98. The molecule has 0 saturated carbocycles. The monoisotopic (exact) mass is 297 g/mol. The minimum atomic E-state index is -0.645. The first kappa shape index (κ1) is 14.6. The van der Waals surface area contributed by atoms with Gasteiger partial charge in [-0.15, -0.1) is 0 Å². The Morgan fingerprint density at radius 1 is 1.14 bits per heavy atom. The maximum Gasteiger partial charge on any atom is 0.232 e. The van der Waals surface area contributed by atoms with Crippen molar-refractivity contribution < 1.29 is 14.6 Å². The Hall–Kier alpha value is -2.33. The molecule has 0 bridgehead atoms. The summed E-state index contributed by atoms with van der Waals surface area (Å²) in [4.78, 5) is 13.6. The largest absolute Gasteiger partial charge is 0.489 e. The predicted octanol–water partition coefficient (Wildman–Crippen LogP) is 2.18. The molecule has 1 heterocycles. The second-order valence-corrected chi connectivity index (χ2v) is 5.61. The first-order valence-electron chi connectivity index (χ1n) is 7.35. The average Bonchev–Trinajstić information content (AvgIpc) is 2.80. The van der Waals surface area contributed by atoms with E-state index in [1.807, 2.05) is 54.6 Å². The quantitative estimate of drug-likeness (QED) is 0.941. The average molecular weight is 297 g/mol. The lowest BCUT2D eigenvalue weighted by atomic mass is 9.95. The summed E-state index contributed by atoms with van der Waals surface area (Å²) >= 11 is 0. The molecule has 4 heteroatoms. The number of likely N-dealkylation sites (tertiary alicyclic amines) is 1. The highest BCUT2D eigenvalue weighted by molar-refractivity contribution is 5.86. The number of carbonyl (C=O) groups excluding carboxylic acids is 1. The lowest BCUT2D eigenvalue weighted by molar-refractivity contribution is -0.128. The van der Waals surface area contributed by atoms with Crippen molar-refractivity contribution in [2.24, 2.45) is 0 Å². The van der Waals surface area contributed by atoms with E-state index in [-0.39, 0.29) is 5.91 Å². The molecule has 22 heavy (non-hydrogen) atoms. The van der Waals surface area contributed by atoms with Gasteiger partial charge in [0.25, 0.3) is 0 Å². The van der Waals surface area contributed by atoms with Crippen LogP contribution in [0.1, 0.15) is 17.0 Å². The number of hydrogen-bond acceptors (Lipinski definition) is 3. The molecule has 0 spiro atoms. The van der Waals surface area contributed by atoms with E-state index in [9.17, 15) is 9.90 Å². The maximum absolute atomic E-state index is 12.0. The predicted molar refractivity (Wildman–Crippen MR) is 83.6 cm³/mol. The van der Waals surface area contributed by atoms with Crippen LogP contribution in [0.5, 0.6) is 5.75 Å². The molecule has 0 aromatic heterocycles. The summed E-state index contributed by atoms with van der Waals surface area (Å²) in [6.45, 7) is 0.893. The molecule has 114 valence electrons. The standard InChI is InChI=1S/C18H19NO3/c1-19-11-16(20)17(18(19)21)14-7-9-15(10-8-14)22-12-13-5-3-2-4-6-13/h2-10,16-17,20H,11-12H2,1H3. The highest BCUT2D eigenvalue weighted by atomic mass is 16.5. The van der Waals surface area contributed by atoms with Crippen LogP contribution in [0, 0.1) is 0 Å². The molecule has 0 radical (unpaired) electrons. The summed E-state index contributed by atoms with van der Waals surface area (Å²) in [5.74, 6) is 0.250. The highest BCUT2D eigenvalue weighted by Gasteiger charge is 2.38. The fourth-order valence-electron chi connectivity index (χ4n) is 2.76. The van der Waals surface area contributed by atoms with Gasteiger partial charge in [-0.3, -0.25) is 4.79 Å². The Labute approximate surface area is 130 Å². The highest BCUT2D eigenvalue weighted by Crippen LogP contribution is 2.29. The van der Waals surface area contributed by atoms with Gasteiger partial charge in [-0.25, -0.2) is 0 Å². The van der Waals surface area contributed by atoms with Gasteiger partial charge >= 0.3 is 0 Å². The molecule has 4 nitrogen and oxygen atoms in total. The summed E-state index contributed by atoms with van der Waals surface area (Å²) in [7, 11) is 1.71. The zero-order chi connectivity index (χ0) is 15.5. The minimum Gasteiger partial charge on any atom is -0.489 e. The number of rotatable bonds is 4. The molecule has 1 N–H and O–H groups in total. The van der Waals surface area contributed by atoms with Crippen LogP contribution in [-0.2, 0) is 11.4 Å². The first-order valence-corrected chi connectivity index (χ1v) is 7.35. The summed E-state index contributed by atoms with van der Waals surface area (Å²) in [5, 5.41) is 10.0. The maximum atomic E-state index is 12.0. The second kappa shape index (κ2) is 6.20. The van der Waals surface area contributed by atoms with Gasteiger partial charge in [-0.1, -0.05) is 42.5 Å². The van der Waals surface area contributed by atoms with Crippen LogP contribution in [0.3, 0.4) is 0 Å². The van der Waals surface area contributed by atoms with Crippen LogP contribution in [0.4, 0.5) is 0 Å². The van der Waals surface area contributed by atoms with E-state index in [1.165, 1.54) is 0 Å². The van der Waals surface area contributed by atoms with Crippen molar-refractivity contribution in [1.82, 2.24) is 4.90 Å². The van der Waals surface area contributed by atoms with Crippen molar-refractivity contribution in [2.45, 2.75) is 18.6 Å². The molecule has 1 aliphatic heterocycles. The van der Waals surface area contributed by atoms with Gasteiger partial charge in [0.1, 0.15) is 12.4 Å². The number of aliphatic hydroxyl groups is 1. The SMILES string of the molecule is CN1CC(O)C(c2ccc(OCc3ccccc3)cc2)C1=O. The summed E-state index contributed by atoms with van der Waals surface area (Å²) < 4.78 is 5.73. The number of benzene rings is 2. The topological polar surface area (TPSA) is 49.8 Å². The molecule has 1 amide bonds. The van der Waals surface area contributed by atoms with E-state index in [0.717, 1.165) is 16.9 Å². The Balaban J connectivity index is 1.67.